The van der Waals surface area contributed by atoms with Crippen LogP contribution in [0, 0.1) is 0 Å². The van der Waals surface area contributed by atoms with Gasteiger partial charge in [0.2, 0.25) is 0 Å². The molecule has 0 spiro atoms. The topological polar surface area (TPSA) is 69.5 Å². The Hall–Kier alpha value is 1.79. The first-order valence-corrected chi connectivity index (χ1v) is 16.8. The van der Waals surface area contributed by atoms with Crippen molar-refractivity contribution in [2.75, 3.05) is 79.3 Å². The maximum absolute atomic E-state index is 5.33. The van der Waals surface area contributed by atoms with Crippen LogP contribution in [-0.4, -0.2) is 95.8 Å². The Bertz CT molecular complexity index is 243. The molecule has 1 aliphatic rings. The molecule has 1 saturated heterocycles. The van der Waals surface area contributed by atoms with E-state index in [-0.39, 0.29) is 51.4 Å². The predicted molar refractivity (Wildman–Crippen MR) is 115 cm³/mol. The first-order chi connectivity index (χ1) is 12.7. The van der Waals surface area contributed by atoms with Crippen LogP contribution in [0.4, 0.5) is 0 Å². The molecule has 0 N–H and O–H groups in total. The van der Waals surface area contributed by atoms with Crippen LogP contribution < -0.4 is 51.4 Å². The van der Waals surface area contributed by atoms with Gasteiger partial charge in [0.1, 0.15) is 0 Å². The van der Waals surface area contributed by atoms with Crippen molar-refractivity contribution in [1.29, 1.82) is 0 Å². The van der Waals surface area contributed by atoms with Gasteiger partial charge in [-0.3, -0.25) is 0 Å². The summed E-state index contributed by atoms with van der Waals surface area (Å²) in [5.74, 6) is 0. The standard InChI is InChI=1S/C12H24O6.C6H18NSi2.K/c1-2-14-5-6-16-9-10-18-12-11-17-8-7-15-4-3-13-1;1-8(2,3)7-9(4,5)6;/h1-12H2;1-6H3;/q;-1;+1. The molecule has 0 aliphatic carbocycles. The van der Waals surface area contributed by atoms with Gasteiger partial charge in [0.25, 0.3) is 0 Å². The third-order valence-corrected chi connectivity index (χ3v) is 8.27. The zero-order valence-corrected chi connectivity index (χ0v) is 24.5. The molecule has 164 valence electrons. The molecular weight excluding hydrogens is 421 g/mol. The summed E-state index contributed by atoms with van der Waals surface area (Å²) in [6.07, 6.45) is 0. The molecule has 0 radical (unpaired) electrons. The first-order valence-electron chi connectivity index (χ1n) is 9.91. The van der Waals surface area contributed by atoms with Crippen LogP contribution in [0.15, 0.2) is 0 Å². The molecule has 1 fully saturated rings. The summed E-state index contributed by atoms with van der Waals surface area (Å²) < 4.78 is 36.8. The average Bonchev–Trinajstić information content (AvgIpc) is 2.52. The smallest absolute Gasteiger partial charge is 0.668 e. The molecule has 0 unspecified atom stereocenters. The first kappa shape index (κ1) is 32.0. The van der Waals surface area contributed by atoms with Crippen molar-refractivity contribution in [3.05, 3.63) is 4.65 Å². The summed E-state index contributed by atoms with van der Waals surface area (Å²) >= 11 is 0. The average molecular weight is 464 g/mol. The Morgan fingerprint density at radius 3 is 0.607 bits per heavy atom. The Kier molecular flexibility index (Phi) is 23.6. The van der Waals surface area contributed by atoms with E-state index in [2.05, 4.69) is 39.3 Å². The molecular formula is C18H42KNO6Si2. The van der Waals surface area contributed by atoms with E-state index in [1.54, 1.807) is 0 Å². The minimum absolute atomic E-state index is 0. The van der Waals surface area contributed by atoms with Gasteiger partial charge in [0, 0.05) is 0 Å². The van der Waals surface area contributed by atoms with Gasteiger partial charge in [0.05, 0.1) is 79.3 Å². The van der Waals surface area contributed by atoms with Crippen molar-refractivity contribution in [3.63, 3.8) is 0 Å². The minimum atomic E-state index is -1.11. The van der Waals surface area contributed by atoms with Gasteiger partial charge in [0.15, 0.2) is 0 Å². The van der Waals surface area contributed by atoms with E-state index >= 15 is 0 Å². The van der Waals surface area contributed by atoms with Gasteiger partial charge >= 0.3 is 51.4 Å². The van der Waals surface area contributed by atoms with Crippen LogP contribution in [0.2, 0.25) is 39.3 Å². The summed E-state index contributed by atoms with van der Waals surface area (Å²) in [7, 11) is -2.21. The van der Waals surface area contributed by atoms with Crippen LogP contribution in [-0.2, 0) is 28.4 Å². The molecule has 28 heavy (non-hydrogen) atoms. The molecule has 0 amide bonds. The second-order valence-corrected chi connectivity index (χ2v) is 17.7. The van der Waals surface area contributed by atoms with Crippen LogP contribution in [0.5, 0.6) is 0 Å². The second kappa shape index (κ2) is 20.7. The normalized spacial score (nSPS) is 19.9. The van der Waals surface area contributed by atoms with Crippen LogP contribution in [0.3, 0.4) is 0 Å². The van der Waals surface area contributed by atoms with E-state index < -0.39 is 16.5 Å². The number of ether oxygens (including phenoxy) is 6. The Labute approximate surface area is 217 Å². The fraction of sp³-hybridized carbons (Fsp3) is 1.00. The zero-order valence-electron chi connectivity index (χ0n) is 19.4. The van der Waals surface area contributed by atoms with E-state index in [1.807, 2.05) is 0 Å². The molecule has 1 heterocycles. The monoisotopic (exact) mass is 463 g/mol. The second-order valence-electron chi connectivity index (χ2n) is 8.13. The van der Waals surface area contributed by atoms with Crippen molar-refractivity contribution >= 4 is 16.5 Å². The molecule has 0 aromatic rings. The van der Waals surface area contributed by atoms with Crippen molar-refractivity contribution < 1.29 is 79.8 Å². The fourth-order valence-corrected chi connectivity index (χ4v) is 10.4. The molecule has 0 aromatic carbocycles. The summed E-state index contributed by atoms with van der Waals surface area (Å²) in [6, 6.07) is 0. The van der Waals surface area contributed by atoms with Gasteiger partial charge in [-0.25, -0.2) is 0 Å². The van der Waals surface area contributed by atoms with Crippen molar-refractivity contribution in [3.8, 4) is 0 Å². The maximum atomic E-state index is 5.33. The zero-order chi connectivity index (χ0) is 20.4. The quantitative estimate of drug-likeness (QED) is 0.543. The minimum Gasteiger partial charge on any atom is -0.668 e. The van der Waals surface area contributed by atoms with E-state index in [1.165, 1.54) is 0 Å². The van der Waals surface area contributed by atoms with Gasteiger partial charge in [-0.05, 0) is 0 Å². The van der Waals surface area contributed by atoms with Gasteiger partial charge < -0.3 is 33.1 Å². The molecule has 0 aromatic heterocycles. The largest absolute Gasteiger partial charge is 1.00 e. The molecule has 7 nitrogen and oxygen atoms in total. The molecule has 0 atom stereocenters. The van der Waals surface area contributed by atoms with Crippen LogP contribution >= 0.6 is 0 Å². The summed E-state index contributed by atoms with van der Waals surface area (Å²) in [5, 5.41) is 0. The SMILES string of the molecule is C1COCCOCCOCCOCCOCCO1.C[Si](C)(C)[N-][Si](C)(C)C.[K+]. The third-order valence-electron chi connectivity index (χ3n) is 2.90. The number of nitrogens with zero attached hydrogens (tertiary/aromatic N) is 1. The number of rotatable bonds is 2. The molecule has 0 bridgehead atoms. The Morgan fingerprint density at radius 1 is 0.393 bits per heavy atom. The van der Waals surface area contributed by atoms with Gasteiger partial charge in [-0.15, -0.1) is 0 Å². The Morgan fingerprint density at radius 2 is 0.536 bits per heavy atom. The number of hydrogen-bond donors (Lipinski definition) is 0. The molecule has 1 aliphatic heterocycles. The van der Waals surface area contributed by atoms with Crippen LogP contribution in [0.1, 0.15) is 0 Å². The van der Waals surface area contributed by atoms with E-state index in [0.717, 1.165) is 0 Å². The van der Waals surface area contributed by atoms with Crippen molar-refractivity contribution in [1.82, 2.24) is 0 Å². The third kappa shape index (κ3) is 30.0. The summed E-state index contributed by atoms with van der Waals surface area (Å²) in [5.41, 5.74) is 0. The van der Waals surface area contributed by atoms with Crippen LogP contribution in [0.25, 0.3) is 4.65 Å². The maximum Gasteiger partial charge on any atom is 1.00 e. The van der Waals surface area contributed by atoms with Crippen molar-refractivity contribution in [2.24, 2.45) is 0 Å². The fourth-order valence-electron chi connectivity index (χ4n) is 2.33. The van der Waals surface area contributed by atoms with E-state index in [9.17, 15) is 0 Å². The van der Waals surface area contributed by atoms with Crippen molar-refractivity contribution in [2.45, 2.75) is 39.3 Å². The summed E-state index contributed by atoms with van der Waals surface area (Å²) in [6.45, 7) is 20.8. The van der Waals surface area contributed by atoms with E-state index in [4.69, 9.17) is 33.1 Å². The predicted octanol–water partition coefficient (Wildman–Crippen LogP) is 0.134. The molecule has 1 rings (SSSR count). The van der Waals surface area contributed by atoms with Gasteiger partial charge in [-0.1, -0.05) is 55.8 Å². The van der Waals surface area contributed by atoms with Gasteiger partial charge in [-0.2, -0.15) is 0 Å². The number of hydrogen-bond acceptors (Lipinski definition) is 6. The molecule has 0 saturated carbocycles. The Balaban J connectivity index is 0. The molecule has 10 heteroatoms. The summed E-state index contributed by atoms with van der Waals surface area (Å²) in [4.78, 5) is 0. The van der Waals surface area contributed by atoms with E-state index in [0.29, 0.717) is 79.3 Å².